The molecule has 35 heavy (non-hydrogen) atoms. The number of carbonyl (C=O) groups excluding carboxylic acids is 1. The second-order valence-corrected chi connectivity index (χ2v) is 10.1. The summed E-state index contributed by atoms with van der Waals surface area (Å²) in [5.41, 5.74) is 1.80. The van der Waals surface area contributed by atoms with Crippen LogP contribution in [0.3, 0.4) is 0 Å². The van der Waals surface area contributed by atoms with Gasteiger partial charge >= 0.3 is 0 Å². The monoisotopic (exact) mass is 497 g/mol. The molecule has 1 atom stereocenters. The zero-order valence-corrected chi connectivity index (χ0v) is 20.2. The van der Waals surface area contributed by atoms with Crippen molar-refractivity contribution in [3.63, 3.8) is 0 Å². The van der Waals surface area contributed by atoms with Crippen LogP contribution in [0.15, 0.2) is 83.8 Å². The Labute approximate surface area is 205 Å². The summed E-state index contributed by atoms with van der Waals surface area (Å²) in [5.74, 6) is 0.000475. The predicted molar refractivity (Wildman–Crippen MR) is 132 cm³/mol. The van der Waals surface area contributed by atoms with Crippen LogP contribution in [0.4, 0.5) is 10.1 Å². The summed E-state index contributed by atoms with van der Waals surface area (Å²) in [5, 5.41) is 0. The van der Waals surface area contributed by atoms with Crippen molar-refractivity contribution in [1.82, 2.24) is 9.62 Å². The van der Waals surface area contributed by atoms with Crippen molar-refractivity contribution >= 4 is 21.6 Å². The molecule has 1 aliphatic rings. The minimum absolute atomic E-state index is 0.121. The molecule has 0 aliphatic carbocycles. The zero-order valence-electron chi connectivity index (χ0n) is 19.4. The first-order valence-electron chi connectivity index (χ1n) is 11.4. The van der Waals surface area contributed by atoms with Gasteiger partial charge in [0, 0.05) is 37.9 Å². The summed E-state index contributed by atoms with van der Waals surface area (Å²) < 4.78 is 46.8. The van der Waals surface area contributed by atoms with E-state index >= 15 is 0 Å². The van der Waals surface area contributed by atoms with Gasteiger partial charge in [0.05, 0.1) is 4.90 Å². The van der Waals surface area contributed by atoms with E-state index in [4.69, 9.17) is 4.74 Å². The molecule has 3 aromatic rings. The molecule has 4 rings (SSSR count). The van der Waals surface area contributed by atoms with Crippen LogP contribution in [0.5, 0.6) is 5.75 Å². The first-order valence-corrected chi connectivity index (χ1v) is 12.9. The van der Waals surface area contributed by atoms with Crippen LogP contribution in [0, 0.1) is 5.82 Å². The normalized spacial score (nSPS) is 15.0. The average molecular weight is 498 g/mol. The van der Waals surface area contributed by atoms with Crippen LogP contribution >= 0.6 is 0 Å². The maximum absolute atomic E-state index is 13.1. The molecule has 0 aromatic heterocycles. The molecule has 184 valence electrons. The number of anilines is 1. The summed E-state index contributed by atoms with van der Waals surface area (Å²) in [7, 11) is -3.71. The van der Waals surface area contributed by atoms with Crippen LogP contribution < -0.4 is 14.4 Å². The Morgan fingerprint density at radius 1 is 0.943 bits per heavy atom. The van der Waals surface area contributed by atoms with E-state index in [1.54, 1.807) is 36.1 Å². The Kier molecular flexibility index (Phi) is 7.67. The molecule has 1 amide bonds. The Bertz CT molecular complexity index is 1230. The Hall–Kier alpha value is -3.43. The fourth-order valence-electron chi connectivity index (χ4n) is 3.93. The van der Waals surface area contributed by atoms with Gasteiger partial charge in [-0.3, -0.25) is 4.79 Å². The van der Waals surface area contributed by atoms with Crippen molar-refractivity contribution in [2.24, 2.45) is 0 Å². The average Bonchev–Trinajstić information content (AvgIpc) is 2.88. The van der Waals surface area contributed by atoms with Crippen LogP contribution in [0.1, 0.15) is 18.5 Å². The third kappa shape index (κ3) is 6.37. The quantitative estimate of drug-likeness (QED) is 0.515. The molecule has 0 radical (unpaired) electrons. The van der Waals surface area contributed by atoms with Gasteiger partial charge in [0.2, 0.25) is 10.0 Å². The number of piperazine rings is 1. The van der Waals surface area contributed by atoms with E-state index in [2.05, 4.69) is 9.62 Å². The summed E-state index contributed by atoms with van der Waals surface area (Å²) >= 11 is 0. The van der Waals surface area contributed by atoms with Gasteiger partial charge in [-0.25, -0.2) is 17.5 Å². The van der Waals surface area contributed by atoms with Crippen molar-refractivity contribution in [2.75, 3.05) is 37.7 Å². The lowest BCUT2D eigenvalue weighted by atomic mass is 10.1. The summed E-state index contributed by atoms with van der Waals surface area (Å²) in [6.45, 7) is 4.04. The molecule has 0 bridgehead atoms. The highest BCUT2D eigenvalue weighted by Gasteiger charge is 2.22. The van der Waals surface area contributed by atoms with Gasteiger partial charge in [0.1, 0.15) is 11.6 Å². The largest absolute Gasteiger partial charge is 0.484 e. The molecule has 9 heteroatoms. The van der Waals surface area contributed by atoms with E-state index in [1.165, 1.54) is 24.3 Å². The van der Waals surface area contributed by atoms with E-state index in [0.29, 0.717) is 31.9 Å². The number of hydrogen-bond acceptors (Lipinski definition) is 5. The van der Waals surface area contributed by atoms with Gasteiger partial charge in [-0.05, 0) is 61.0 Å². The summed E-state index contributed by atoms with van der Waals surface area (Å²) in [4.78, 5) is 16.5. The second-order valence-electron chi connectivity index (χ2n) is 8.36. The van der Waals surface area contributed by atoms with E-state index in [-0.39, 0.29) is 29.3 Å². The molecular formula is C26H28FN3O4S. The number of sulfonamides is 1. The molecule has 1 N–H and O–H groups in total. The highest BCUT2D eigenvalue weighted by atomic mass is 32.2. The molecule has 1 fully saturated rings. The Morgan fingerprint density at radius 3 is 2.20 bits per heavy atom. The summed E-state index contributed by atoms with van der Waals surface area (Å²) in [6.07, 6.45) is 0. The Balaban J connectivity index is 1.26. The molecule has 1 aliphatic heterocycles. The first-order chi connectivity index (χ1) is 16.8. The van der Waals surface area contributed by atoms with E-state index in [9.17, 15) is 17.6 Å². The van der Waals surface area contributed by atoms with Gasteiger partial charge in [0.15, 0.2) is 6.61 Å². The van der Waals surface area contributed by atoms with Crippen molar-refractivity contribution < 1.29 is 22.3 Å². The molecule has 0 spiro atoms. The van der Waals surface area contributed by atoms with Crippen molar-refractivity contribution in [2.45, 2.75) is 17.9 Å². The molecule has 7 nitrogen and oxygen atoms in total. The van der Waals surface area contributed by atoms with Crippen molar-refractivity contribution in [3.8, 4) is 5.75 Å². The van der Waals surface area contributed by atoms with Gasteiger partial charge < -0.3 is 14.5 Å². The van der Waals surface area contributed by atoms with Crippen LogP contribution in [-0.4, -0.2) is 52.0 Å². The second kappa shape index (κ2) is 10.9. The lowest BCUT2D eigenvalue weighted by Crippen LogP contribution is -2.50. The smallest absolute Gasteiger partial charge is 0.260 e. The number of nitrogens with zero attached hydrogens (tertiary/aromatic N) is 2. The highest BCUT2D eigenvalue weighted by molar-refractivity contribution is 7.89. The van der Waals surface area contributed by atoms with E-state index in [1.807, 2.05) is 30.3 Å². The lowest BCUT2D eigenvalue weighted by Gasteiger charge is -2.36. The Morgan fingerprint density at radius 2 is 1.57 bits per heavy atom. The van der Waals surface area contributed by atoms with E-state index in [0.717, 1.165) is 11.3 Å². The number of ether oxygens (including phenoxy) is 1. The molecule has 1 heterocycles. The van der Waals surface area contributed by atoms with Crippen LogP contribution in [0.25, 0.3) is 0 Å². The first kappa shape index (κ1) is 24.7. The number of hydrogen-bond donors (Lipinski definition) is 1. The number of halogens is 1. The predicted octanol–water partition coefficient (Wildman–Crippen LogP) is 3.59. The number of amides is 1. The minimum atomic E-state index is -3.71. The lowest BCUT2D eigenvalue weighted by molar-refractivity contribution is -0.133. The standard InChI is InChI=1S/C26H28FN3O4S/c1-20(21-5-3-2-4-6-21)28-35(32,33)25-13-11-24(12-14-25)34-19-26(31)30-17-15-29(16-18-30)23-9-7-22(27)8-10-23/h2-14,20,28H,15-19H2,1H3/t20-/m0/s1. The van der Waals surface area contributed by atoms with Crippen molar-refractivity contribution in [3.05, 3.63) is 90.2 Å². The molecular weight excluding hydrogens is 469 g/mol. The van der Waals surface area contributed by atoms with Crippen LogP contribution in [0.2, 0.25) is 0 Å². The third-order valence-corrected chi connectivity index (χ3v) is 7.51. The van der Waals surface area contributed by atoms with Crippen LogP contribution in [-0.2, 0) is 14.8 Å². The fourth-order valence-corrected chi connectivity index (χ4v) is 5.16. The molecule has 1 saturated heterocycles. The maximum Gasteiger partial charge on any atom is 0.260 e. The van der Waals surface area contributed by atoms with Gasteiger partial charge in [-0.1, -0.05) is 30.3 Å². The van der Waals surface area contributed by atoms with Gasteiger partial charge in [0.25, 0.3) is 5.91 Å². The van der Waals surface area contributed by atoms with Crippen molar-refractivity contribution in [1.29, 1.82) is 0 Å². The van der Waals surface area contributed by atoms with E-state index < -0.39 is 10.0 Å². The topological polar surface area (TPSA) is 78.9 Å². The number of benzene rings is 3. The number of nitrogens with one attached hydrogen (secondary N) is 1. The molecule has 0 unspecified atom stereocenters. The summed E-state index contributed by atoms with van der Waals surface area (Å²) in [6, 6.07) is 21.3. The maximum atomic E-state index is 13.1. The molecule has 3 aromatic carbocycles. The zero-order chi connectivity index (χ0) is 24.8. The molecule has 0 saturated carbocycles. The van der Waals surface area contributed by atoms with Gasteiger partial charge in [-0.15, -0.1) is 0 Å². The van der Waals surface area contributed by atoms with Gasteiger partial charge in [-0.2, -0.15) is 0 Å². The third-order valence-electron chi connectivity index (χ3n) is 5.95. The minimum Gasteiger partial charge on any atom is -0.484 e. The number of rotatable bonds is 8. The highest BCUT2D eigenvalue weighted by Crippen LogP contribution is 2.20. The SMILES string of the molecule is C[C@H](NS(=O)(=O)c1ccc(OCC(=O)N2CCN(c3ccc(F)cc3)CC2)cc1)c1ccccc1. The fraction of sp³-hybridized carbons (Fsp3) is 0.269. The number of carbonyl (C=O) groups is 1.